The van der Waals surface area contributed by atoms with Crippen molar-refractivity contribution >= 4 is 46.4 Å². The minimum absolute atomic E-state index is 0.121. The fourth-order valence-electron chi connectivity index (χ4n) is 3.68. The maximum Gasteiger partial charge on any atom is 0.417 e. The van der Waals surface area contributed by atoms with E-state index in [1.165, 1.54) is 0 Å². The van der Waals surface area contributed by atoms with Gasteiger partial charge in [-0.2, -0.15) is 26.3 Å². The molecule has 12 heteroatoms. The Morgan fingerprint density at radius 1 is 1.06 bits per heavy atom. The fraction of sp³-hybridized carbons (Fsp3) is 0.375. The second-order valence-corrected chi connectivity index (χ2v) is 9.85. The van der Waals surface area contributed by atoms with Crippen LogP contribution >= 0.6 is 34.8 Å². The van der Waals surface area contributed by atoms with Gasteiger partial charge in [0.25, 0.3) is 0 Å². The lowest BCUT2D eigenvalue weighted by molar-refractivity contribution is -0.140. The van der Waals surface area contributed by atoms with E-state index >= 15 is 0 Å². The van der Waals surface area contributed by atoms with Gasteiger partial charge < -0.3 is 0 Å². The number of nitrogens with zero attached hydrogens (tertiary/aromatic N) is 1. The molecule has 3 rings (SSSR count). The molecule has 0 aromatic heterocycles. The van der Waals surface area contributed by atoms with Crippen LogP contribution in [-0.2, 0) is 6.18 Å². The molecule has 1 fully saturated rings. The smallest absolute Gasteiger partial charge is 0.299 e. The molecule has 0 spiro atoms. The lowest BCUT2D eigenvalue weighted by atomic mass is 9.95. The number of hydrogen-bond donors (Lipinski definition) is 0. The van der Waals surface area contributed by atoms with Crippen LogP contribution in [-0.4, -0.2) is 37.0 Å². The van der Waals surface area contributed by atoms with Crippen molar-refractivity contribution in [2.75, 3.05) is 20.1 Å². The third-order valence-corrected chi connectivity index (χ3v) is 6.81. The summed E-state index contributed by atoms with van der Waals surface area (Å²) in [5.74, 6) is -4.59. The molecule has 36 heavy (non-hydrogen) atoms. The molecule has 1 saturated carbocycles. The van der Waals surface area contributed by atoms with Gasteiger partial charge in [0.15, 0.2) is 5.78 Å². The Labute approximate surface area is 217 Å². The highest BCUT2D eigenvalue weighted by Crippen LogP contribution is 2.43. The topological polar surface area (TPSA) is 20.3 Å². The van der Waals surface area contributed by atoms with Crippen LogP contribution in [0, 0.1) is 5.92 Å². The van der Waals surface area contributed by atoms with Crippen molar-refractivity contribution in [1.82, 2.24) is 4.90 Å². The number of halogens is 10. The summed E-state index contributed by atoms with van der Waals surface area (Å²) >= 11 is 17.3. The maximum atomic E-state index is 15.0. The van der Waals surface area contributed by atoms with Crippen LogP contribution in [0.2, 0.25) is 15.1 Å². The molecule has 196 valence electrons. The third kappa shape index (κ3) is 7.15. The van der Waals surface area contributed by atoms with Gasteiger partial charge >= 0.3 is 12.4 Å². The van der Waals surface area contributed by atoms with Gasteiger partial charge in [-0.25, -0.2) is 4.39 Å². The summed E-state index contributed by atoms with van der Waals surface area (Å²) in [6.45, 7) is 0.269. The molecule has 0 heterocycles. The summed E-state index contributed by atoms with van der Waals surface area (Å²) in [5.41, 5.74) is -3.45. The van der Waals surface area contributed by atoms with E-state index in [9.17, 15) is 35.5 Å². The summed E-state index contributed by atoms with van der Waals surface area (Å²) < 4.78 is 97.3. The minimum Gasteiger partial charge on any atom is -0.299 e. The van der Waals surface area contributed by atoms with Gasteiger partial charge in [0.2, 0.25) is 0 Å². The van der Waals surface area contributed by atoms with E-state index in [-0.39, 0.29) is 27.7 Å². The van der Waals surface area contributed by atoms with E-state index in [4.69, 9.17) is 34.8 Å². The lowest BCUT2D eigenvalue weighted by Crippen LogP contribution is -2.29. The van der Waals surface area contributed by atoms with Gasteiger partial charge in [-0.1, -0.05) is 46.9 Å². The number of hydrogen-bond acceptors (Lipinski definition) is 2. The van der Waals surface area contributed by atoms with Gasteiger partial charge in [-0.15, -0.1) is 0 Å². The highest BCUT2D eigenvalue weighted by Gasteiger charge is 2.41. The van der Waals surface area contributed by atoms with Gasteiger partial charge in [-0.3, -0.25) is 9.69 Å². The predicted molar refractivity (Wildman–Crippen MR) is 125 cm³/mol. The number of rotatable bonds is 8. The molecule has 0 bridgehead atoms. The number of alkyl halides is 6. The monoisotopic (exact) mass is 575 g/mol. The maximum absolute atomic E-state index is 15.0. The first-order chi connectivity index (χ1) is 16.6. The largest absolute Gasteiger partial charge is 0.417 e. The first-order valence-corrected chi connectivity index (χ1v) is 11.7. The number of carbonyl (C=O) groups is 1. The zero-order valence-corrected chi connectivity index (χ0v) is 20.9. The van der Waals surface area contributed by atoms with Crippen molar-refractivity contribution in [2.24, 2.45) is 5.92 Å². The average molecular weight is 577 g/mol. The quantitative estimate of drug-likeness (QED) is 0.178. The molecule has 0 N–H and O–H groups in total. The van der Waals surface area contributed by atoms with Crippen LogP contribution in [0.4, 0.5) is 30.7 Å². The Hall–Kier alpha value is -1.81. The Bertz CT molecular complexity index is 1150. The summed E-state index contributed by atoms with van der Waals surface area (Å²) in [5, 5.41) is -0.822. The molecule has 1 aliphatic rings. The highest BCUT2D eigenvalue weighted by atomic mass is 35.5. The van der Waals surface area contributed by atoms with Crippen molar-refractivity contribution in [3.05, 3.63) is 73.7 Å². The van der Waals surface area contributed by atoms with Crippen LogP contribution in [0.5, 0.6) is 0 Å². The molecule has 1 atom stereocenters. The number of carbonyl (C=O) groups excluding carboxylic acids is 1. The Morgan fingerprint density at radius 2 is 1.64 bits per heavy atom. The second-order valence-electron chi connectivity index (χ2n) is 8.65. The van der Waals surface area contributed by atoms with E-state index in [0.717, 1.165) is 37.1 Å². The van der Waals surface area contributed by atoms with Crippen molar-refractivity contribution in [1.29, 1.82) is 0 Å². The molecule has 0 aliphatic heterocycles. The van der Waals surface area contributed by atoms with Crippen LogP contribution in [0.15, 0.2) is 36.4 Å². The summed E-state index contributed by atoms with van der Waals surface area (Å²) in [6.07, 6.45) is -7.99. The van der Waals surface area contributed by atoms with Crippen molar-refractivity contribution in [3.63, 3.8) is 0 Å². The van der Waals surface area contributed by atoms with E-state index in [0.29, 0.717) is 18.5 Å². The Kier molecular flexibility index (Phi) is 8.70. The molecule has 1 aliphatic carbocycles. The number of likely N-dealkylation sites (N-methyl/N-ethyl adjacent to an activating group) is 1. The third-order valence-electron chi connectivity index (χ3n) is 5.61. The van der Waals surface area contributed by atoms with Gasteiger partial charge in [0.1, 0.15) is 11.7 Å². The molecular formula is C24H19Cl3F7NO. The molecular weight excluding hydrogens is 558 g/mol. The van der Waals surface area contributed by atoms with Gasteiger partial charge in [0.05, 0.1) is 27.2 Å². The molecule has 2 aromatic carbocycles. The lowest BCUT2D eigenvalue weighted by Gasteiger charge is -2.20. The second kappa shape index (κ2) is 10.9. The predicted octanol–water partition coefficient (Wildman–Crippen LogP) is 8.85. The average Bonchev–Trinajstić information content (AvgIpc) is 3.57. The van der Waals surface area contributed by atoms with E-state index in [1.807, 2.05) is 0 Å². The zero-order chi connectivity index (χ0) is 27.0. The van der Waals surface area contributed by atoms with Crippen LogP contribution in [0.3, 0.4) is 0 Å². The van der Waals surface area contributed by atoms with Crippen LogP contribution in [0.1, 0.15) is 45.8 Å². The highest BCUT2D eigenvalue weighted by molar-refractivity contribution is 6.48. The first kappa shape index (κ1) is 28.8. The SMILES string of the molecule is CN(CC(=O)c1ccc(/C(F)=C/C(c2cc(Cl)c(Cl)c(Cl)c2)C(F)(F)F)cc1C(F)(F)F)CC1CC1. The number of allylic oxidation sites excluding steroid dienone is 1. The molecule has 0 amide bonds. The van der Waals surface area contributed by atoms with E-state index < -0.39 is 52.1 Å². The van der Waals surface area contributed by atoms with Crippen LogP contribution in [0.25, 0.3) is 5.83 Å². The summed E-state index contributed by atoms with van der Waals surface area (Å²) in [7, 11) is 1.60. The Morgan fingerprint density at radius 3 is 2.14 bits per heavy atom. The van der Waals surface area contributed by atoms with Crippen molar-refractivity contribution in [2.45, 2.75) is 31.1 Å². The van der Waals surface area contributed by atoms with Gasteiger partial charge in [0, 0.05) is 17.7 Å². The molecule has 2 aromatic rings. The summed E-state index contributed by atoms with van der Waals surface area (Å²) in [6, 6.07) is 3.63. The molecule has 1 unspecified atom stereocenters. The van der Waals surface area contributed by atoms with Crippen molar-refractivity contribution in [3.8, 4) is 0 Å². The van der Waals surface area contributed by atoms with E-state index in [1.54, 1.807) is 11.9 Å². The molecule has 0 saturated heterocycles. The van der Waals surface area contributed by atoms with Crippen LogP contribution < -0.4 is 0 Å². The standard InChI is InChI=1S/C24H19Cl3F7NO/c1-35(10-12-2-3-12)11-21(36)15-5-4-13(6-17(15)24(32,33)34)20(28)9-16(23(29,30)31)14-7-18(25)22(27)19(26)8-14/h4-9,12,16H,2-3,10-11H2,1H3/b20-9-. The minimum atomic E-state index is -5.04. The number of benzene rings is 2. The fourth-order valence-corrected chi connectivity index (χ4v) is 4.30. The van der Waals surface area contributed by atoms with E-state index in [2.05, 4.69) is 0 Å². The Balaban J connectivity index is 1.98. The summed E-state index contributed by atoms with van der Waals surface area (Å²) in [4.78, 5) is 14.2. The number of Topliss-reactive ketones (excluding diaryl/α,β-unsaturated/α-hetero) is 1. The van der Waals surface area contributed by atoms with Gasteiger partial charge in [-0.05, 0) is 55.6 Å². The normalized spacial score (nSPS) is 15.9. The van der Waals surface area contributed by atoms with Crippen molar-refractivity contribution < 1.29 is 35.5 Å². The first-order valence-electron chi connectivity index (χ1n) is 10.6. The zero-order valence-electron chi connectivity index (χ0n) is 18.6. The molecule has 2 nitrogen and oxygen atoms in total. The molecule has 0 radical (unpaired) electrons. The number of ketones is 1.